The monoisotopic (exact) mass is 225 g/mol. The lowest BCUT2D eigenvalue weighted by Gasteiger charge is -1.92. The average Bonchev–Trinajstić information content (AvgIpc) is 2.28. The van der Waals surface area contributed by atoms with E-state index in [9.17, 15) is 0 Å². The van der Waals surface area contributed by atoms with E-state index in [0.29, 0.717) is 0 Å². The molecule has 0 aliphatic carbocycles. The van der Waals surface area contributed by atoms with E-state index in [1.54, 1.807) is 6.20 Å². The van der Waals surface area contributed by atoms with Crippen LogP contribution >= 0.6 is 15.9 Å². The van der Waals surface area contributed by atoms with Crippen LogP contribution < -0.4 is 0 Å². The fourth-order valence-corrected chi connectivity index (χ4v) is 1.60. The molecule has 0 aliphatic rings. The average molecular weight is 226 g/mol. The molecule has 62 valence electrons. The number of nitrogens with zero attached hydrogens (tertiary/aromatic N) is 3. The van der Waals surface area contributed by atoms with Gasteiger partial charge < -0.3 is 0 Å². The highest BCUT2D eigenvalue weighted by molar-refractivity contribution is 9.10. The molecule has 3 nitrogen and oxygen atoms in total. The number of hydrogen-bond donors (Lipinski definition) is 0. The summed E-state index contributed by atoms with van der Waals surface area (Å²) in [5.41, 5.74) is 3.00. The highest BCUT2D eigenvalue weighted by Crippen LogP contribution is 2.18. The van der Waals surface area contributed by atoms with Gasteiger partial charge in [-0.15, -0.1) is 0 Å². The van der Waals surface area contributed by atoms with Gasteiger partial charge in [-0.2, -0.15) is 5.10 Å². The molecule has 0 unspecified atom stereocenters. The lowest BCUT2D eigenvalue weighted by molar-refractivity contribution is 0.783. The van der Waals surface area contributed by atoms with Gasteiger partial charge in [0.15, 0.2) is 0 Å². The Bertz CT molecular complexity index is 433. The van der Waals surface area contributed by atoms with Crippen molar-refractivity contribution in [2.45, 2.75) is 6.92 Å². The number of fused-ring (bicyclic) bond motifs is 1. The maximum Gasteiger partial charge on any atom is 0.111 e. The standard InChI is InChI=1S/C8H8BrN3/c1-5-8-7(12(2)11-5)3-6(9)4-10-8/h3-4H,1-2H3. The molecule has 0 saturated carbocycles. The van der Waals surface area contributed by atoms with Gasteiger partial charge >= 0.3 is 0 Å². The van der Waals surface area contributed by atoms with Crippen LogP contribution in [0.15, 0.2) is 16.7 Å². The van der Waals surface area contributed by atoms with Gasteiger partial charge in [-0.3, -0.25) is 9.67 Å². The van der Waals surface area contributed by atoms with E-state index in [0.717, 1.165) is 21.2 Å². The minimum atomic E-state index is 0.972. The zero-order valence-corrected chi connectivity index (χ0v) is 8.46. The zero-order chi connectivity index (χ0) is 8.72. The van der Waals surface area contributed by atoms with E-state index in [-0.39, 0.29) is 0 Å². The van der Waals surface area contributed by atoms with E-state index in [2.05, 4.69) is 26.0 Å². The molecule has 0 atom stereocenters. The Labute approximate surface area is 78.5 Å². The lowest BCUT2D eigenvalue weighted by Crippen LogP contribution is -1.89. The van der Waals surface area contributed by atoms with Gasteiger partial charge in [-0.1, -0.05) is 0 Å². The number of aromatic nitrogens is 3. The van der Waals surface area contributed by atoms with Crippen LogP contribution in [0.25, 0.3) is 11.0 Å². The Kier molecular flexibility index (Phi) is 1.65. The number of aryl methyl sites for hydroxylation is 2. The molecule has 2 aromatic rings. The van der Waals surface area contributed by atoms with Gasteiger partial charge in [0.2, 0.25) is 0 Å². The number of pyridine rings is 1. The molecule has 0 saturated heterocycles. The summed E-state index contributed by atoms with van der Waals surface area (Å²) < 4.78 is 2.82. The molecule has 2 aromatic heterocycles. The van der Waals surface area contributed by atoms with Crippen molar-refractivity contribution in [3.8, 4) is 0 Å². The minimum Gasteiger partial charge on any atom is -0.266 e. The predicted octanol–water partition coefficient (Wildman–Crippen LogP) is 2.04. The van der Waals surface area contributed by atoms with Crippen molar-refractivity contribution in [3.63, 3.8) is 0 Å². The van der Waals surface area contributed by atoms with Crippen LogP contribution in [-0.4, -0.2) is 14.8 Å². The van der Waals surface area contributed by atoms with Crippen molar-refractivity contribution in [2.24, 2.45) is 7.05 Å². The summed E-state index contributed by atoms with van der Waals surface area (Å²) in [4.78, 5) is 4.27. The molecule has 0 spiro atoms. The van der Waals surface area contributed by atoms with Gasteiger partial charge in [-0.25, -0.2) is 0 Å². The summed E-state index contributed by atoms with van der Waals surface area (Å²) in [5.74, 6) is 0. The normalized spacial score (nSPS) is 10.9. The summed E-state index contributed by atoms with van der Waals surface area (Å²) in [6.07, 6.45) is 1.79. The fraction of sp³-hybridized carbons (Fsp3) is 0.250. The maximum absolute atomic E-state index is 4.27. The lowest BCUT2D eigenvalue weighted by atomic mass is 10.3. The summed E-state index contributed by atoms with van der Waals surface area (Å²) in [6.45, 7) is 1.96. The molecular formula is C8H8BrN3. The molecule has 0 amide bonds. The van der Waals surface area contributed by atoms with E-state index in [1.165, 1.54) is 0 Å². The molecule has 2 rings (SSSR count). The van der Waals surface area contributed by atoms with Crippen LogP contribution in [0.2, 0.25) is 0 Å². The first kappa shape index (κ1) is 7.73. The molecule has 0 radical (unpaired) electrons. The third-order valence-corrected chi connectivity index (χ3v) is 2.26. The molecule has 0 N–H and O–H groups in total. The molecule has 12 heavy (non-hydrogen) atoms. The first-order valence-corrected chi connectivity index (χ1v) is 4.42. The van der Waals surface area contributed by atoms with Crippen LogP contribution in [0.5, 0.6) is 0 Å². The molecule has 2 heterocycles. The fourth-order valence-electron chi connectivity index (χ4n) is 1.28. The zero-order valence-electron chi connectivity index (χ0n) is 6.87. The molecule has 0 fully saturated rings. The number of rotatable bonds is 0. The number of hydrogen-bond acceptors (Lipinski definition) is 2. The minimum absolute atomic E-state index is 0.972. The molecule has 0 bridgehead atoms. The van der Waals surface area contributed by atoms with Crippen LogP contribution in [0.3, 0.4) is 0 Å². The van der Waals surface area contributed by atoms with Crippen molar-refractivity contribution in [1.82, 2.24) is 14.8 Å². The summed E-state index contributed by atoms with van der Waals surface area (Å²) in [7, 11) is 1.92. The topological polar surface area (TPSA) is 30.7 Å². The Morgan fingerprint density at radius 2 is 2.25 bits per heavy atom. The third kappa shape index (κ3) is 1.03. The summed E-state index contributed by atoms with van der Waals surface area (Å²) in [5, 5.41) is 4.26. The SMILES string of the molecule is Cc1nn(C)c2cc(Br)cnc12. The second-order valence-electron chi connectivity index (χ2n) is 2.73. The third-order valence-electron chi connectivity index (χ3n) is 1.83. The summed E-state index contributed by atoms with van der Waals surface area (Å²) >= 11 is 3.37. The van der Waals surface area contributed by atoms with Crippen molar-refractivity contribution in [1.29, 1.82) is 0 Å². The Morgan fingerprint density at radius 1 is 1.50 bits per heavy atom. The van der Waals surface area contributed by atoms with Crippen LogP contribution in [0.4, 0.5) is 0 Å². The first-order valence-electron chi connectivity index (χ1n) is 3.63. The van der Waals surface area contributed by atoms with Gasteiger partial charge in [-0.05, 0) is 28.9 Å². The molecule has 4 heteroatoms. The van der Waals surface area contributed by atoms with E-state index >= 15 is 0 Å². The predicted molar refractivity (Wildman–Crippen MR) is 50.9 cm³/mol. The molecular weight excluding hydrogens is 218 g/mol. The Morgan fingerprint density at radius 3 is 3.00 bits per heavy atom. The number of halogens is 1. The van der Waals surface area contributed by atoms with Crippen molar-refractivity contribution in [3.05, 3.63) is 22.4 Å². The van der Waals surface area contributed by atoms with Gasteiger partial charge in [0, 0.05) is 17.7 Å². The largest absolute Gasteiger partial charge is 0.266 e. The van der Waals surface area contributed by atoms with Gasteiger partial charge in [0.1, 0.15) is 5.52 Å². The van der Waals surface area contributed by atoms with Crippen LogP contribution in [-0.2, 0) is 7.05 Å². The van der Waals surface area contributed by atoms with Crippen molar-refractivity contribution < 1.29 is 0 Å². The smallest absolute Gasteiger partial charge is 0.111 e. The van der Waals surface area contributed by atoms with Crippen molar-refractivity contribution >= 4 is 27.0 Å². The van der Waals surface area contributed by atoms with Gasteiger partial charge in [0.25, 0.3) is 0 Å². The molecule has 0 aromatic carbocycles. The Hall–Kier alpha value is -0.900. The van der Waals surface area contributed by atoms with Crippen LogP contribution in [0, 0.1) is 6.92 Å². The van der Waals surface area contributed by atoms with E-state index < -0.39 is 0 Å². The van der Waals surface area contributed by atoms with Gasteiger partial charge in [0.05, 0.1) is 11.2 Å². The molecule has 0 aliphatic heterocycles. The quantitative estimate of drug-likeness (QED) is 0.688. The highest BCUT2D eigenvalue weighted by Gasteiger charge is 2.05. The van der Waals surface area contributed by atoms with Crippen LogP contribution in [0.1, 0.15) is 5.69 Å². The Balaban J connectivity index is 2.90. The van der Waals surface area contributed by atoms with E-state index in [1.807, 2.05) is 24.7 Å². The van der Waals surface area contributed by atoms with E-state index in [4.69, 9.17) is 0 Å². The highest BCUT2D eigenvalue weighted by atomic mass is 79.9. The summed E-state index contributed by atoms with van der Waals surface area (Å²) in [6, 6.07) is 2.02. The second-order valence-corrected chi connectivity index (χ2v) is 3.65. The van der Waals surface area contributed by atoms with Crippen molar-refractivity contribution in [2.75, 3.05) is 0 Å². The first-order chi connectivity index (χ1) is 5.68. The maximum atomic E-state index is 4.27. The second kappa shape index (κ2) is 2.55.